The summed E-state index contributed by atoms with van der Waals surface area (Å²) in [6, 6.07) is 1.06. The van der Waals surface area contributed by atoms with Gasteiger partial charge in [0, 0.05) is 18.6 Å². The molecule has 0 spiro atoms. The largest absolute Gasteiger partial charge is 0.481 e. The summed E-state index contributed by atoms with van der Waals surface area (Å²) >= 11 is 0. The molecule has 3 nitrogen and oxygen atoms in total. The van der Waals surface area contributed by atoms with Crippen molar-refractivity contribution in [2.45, 2.75) is 71.4 Å². The van der Waals surface area contributed by atoms with Crippen LogP contribution in [0.3, 0.4) is 0 Å². The molecule has 2 unspecified atom stereocenters. The van der Waals surface area contributed by atoms with Crippen LogP contribution in [0.25, 0.3) is 0 Å². The third-order valence-electron chi connectivity index (χ3n) is 4.05. The van der Waals surface area contributed by atoms with Crippen LogP contribution in [-0.2, 0) is 4.79 Å². The second-order valence-corrected chi connectivity index (χ2v) is 5.57. The number of carboxylic acid groups (broad SMARTS) is 1. The van der Waals surface area contributed by atoms with Gasteiger partial charge >= 0.3 is 5.97 Å². The average Bonchev–Trinajstić information content (AvgIpc) is 2.28. The van der Waals surface area contributed by atoms with Gasteiger partial charge in [-0.2, -0.15) is 0 Å². The molecule has 0 amide bonds. The van der Waals surface area contributed by atoms with E-state index in [2.05, 4.69) is 25.7 Å². The highest BCUT2D eigenvalue weighted by molar-refractivity contribution is 5.66. The molecule has 0 saturated heterocycles. The number of aliphatic carboxylic acids is 1. The Morgan fingerprint density at radius 2 is 2.12 bits per heavy atom. The molecule has 1 rings (SSSR count). The van der Waals surface area contributed by atoms with E-state index < -0.39 is 5.97 Å². The fourth-order valence-corrected chi connectivity index (χ4v) is 3.02. The lowest BCUT2D eigenvalue weighted by Gasteiger charge is -2.39. The zero-order valence-corrected chi connectivity index (χ0v) is 11.5. The number of hydrogen-bond donors (Lipinski definition) is 1. The topological polar surface area (TPSA) is 40.5 Å². The van der Waals surface area contributed by atoms with E-state index in [1.807, 2.05) is 0 Å². The third-order valence-corrected chi connectivity index (χ3v) is 4.05. The lowest BCUT2D eigenvalue weighted by Crippen LogP contribution is -2.44. The van der Waals surface area contributed by atoms with Gasteiger partial charge in [-0.3, -0.25) is 9.69 Å². The first-order valence-corrected chi connectivity index (χ1v) is 7.02. The van der Waals surface area contributed by atoms with Crippen LogP contribution in [0.5, 0.6) is 0 Å². The Kier molecular flexibility index (Phi) is 5.96. The minimum Gasteiger partial charge on any atom is -0.481 e. The summed E-state index contributed by atoms with van der Waals surface area (Å²) in [6.07, 6.45) is 6.70. The van der Waals surface area contributed by atoms with Gasteiger partial charge in [0.25, 0.3) is 0 Å². The highest BCUT2D eigenvalue weighted by Crippen LogP contribution is 2.30. The Labute approximate surface area is 105 Å². The van der Waals surface area contributed by atoms with Crippen molar-refractivity contribution in [1.82, 2.24) is 4.90 Å². The van der Waals surface area contributed by atoms with E-state index >= 15 is 0 Å². The molecule has 1 N–H and O–H groups in total. The van der Waals surface area contributed by atoms with Crippen molar-refractivity contribution in [1.29, 1.82) is 0 Å². The molecule has 100 valence electrons. The minimum atomic E-state index is -0.682. The number of rotatable bonds is 6. The van der Waals surface area contributed by atoms with Crippen LogP contribution >= 0.6 is 0 Å². The van der Waals surface area contributed by atoms with E-state index in [-0.39, 0.29) is 6.42 Å². The predicted molar refractivity (Wildman–Crippen MR) is 70.1 cm³/mol. The van der Waals surface area contributed by atoms with Crippen LogP contribution < -0.4 is 0 Å². The van der Waals surface area contributed by atoms with Crippen molar-refractivity contribution >= 4 is 5.97 Å². The van der Waals surface area contributed by atoms with Crippen LogP contribution in [0, 0.1) is 5.92 Å². The fourth-order valence-electron chi connectivity index (χ4n) is 3.02. The normalized spacial score (nSPS) is 25.5. The van der Waals surface area contributed by atoms with E-state index in [1.165, 1.54) is 32.1 Å². The van der Waals surface area contributed by atoms with E-state index in [1.54, 1.807) is 0 Å². The first-order valence-electron chi connectivity index (χ1n) is 7.02. The number of carboxylic acids is 1. The molecule has 0 aliphatic heterocycles. The summed E-state index contributed by atoms with van der Waals surface area (Å²) in [5.74, 6) is 0.165. The predicted octanol–water partition coefficient (Wildman–Crippen LogP) is 3.14. The molecule has 0 aromatic heterocycles. The molecular weight excluding hydrogens is 214 g/mol. The van der Waals surface area contributed by atoms with Gasteiger partial charge in [0.1, 0.15) is 0 Å². The van der Waals surface area contributed by atoms with Crippen molar-refractivity contribution < 1.29 is 9.90 Å². The fraction of sp³-hybridized carbons (Fsp3) is 0.929. The second kappa shape index (κ2) is 7.00. The Hall–Kier alpha value is -0.570. The van der Waals surface area contributed by atoms with Crippen molar-refractivity contribution in [3.63, 3.8) is 0 Å². The standard InChI is InChI=1S/C14H27NO2/c1-4-12-6-5-7-13(10-12)15(11(2)3)9-8-14(16)17/h11-13H,4-10H2,1-3H3,(H,16,17). The molecule has 1 fully saturated rings. The van der Waals surface area contributed by atoms with Gasteiger partial charge in [-0.15, -0.1) is 0 Å². The molecule has 1 aliphatic carbocycles. The Balaban J connectivity index is 2.53. The van der Waals surface area contributed by atoms with Gasteiger partial charge in [-0.1, -0.05) is 26.2 Å². The molecule has 1 aliphatic rings. The van der Waals surface area contributed by atoms with Gasteiger partial charge in [0.2, 0.25) is 0 Å². The lowest BCUT2D eigenvalue weighted by atomic mass is 9.83. The lowest BCUT2D eigenvalue weighted by molar-refractivity contribution is -0.137. The van der Waals surface area contributed by atoms with Crippen LogP contribution in [0.15, 0.2) is 0 Å². The van der Waals surface area contributed by atoms with E-state index in [9.17, 15) is 4.79 Å². The molecule has 3 heteroatoms. The molecule has 17 heavy (non-hydrogen) atoms. The van der Waals surface area contributed by atoms with Crippen molar-refractivity contribution in [2.75, 3.05) is 6.54 Å². The number of carbonyl (C=O) groups is 1. The average molecular weight is 241 g/mol. The zero-order chi connectivity index (χ0) is 12.8. The molecule has 0 aromatic carbocycles. The highest BCUT2D eigenvalue weighted by Gasteiger charge is 2.27. The molecule has 0 aromatic rings. The van der Waals surface area contributed by atoms with E-state index in [0.717, 1.165) is 5.92 Å². The van der Waals surface area contributed by atoms with E-state index in [4.69, 9.17) is 5.11 Å². The Morgan fingerprint density at radius 3 is 2.65 bits per heavy atom. The summed E-state index contributed by atoms with van der Waals surface area (Å²) in [7, 11) is 0. The molecular formula is C14H27NO2. The van der Waals surface area contributed by atoms with Gasteiger partial charge in [0.15, 0.2) is 0 Å². The molecule has 2 atom stereocenters. The second-order valence-electron chi connectivity index (χ2n) is 5.57. The van der Waals surface area contributed by atoms with Crippen LogP contribution in [0.2, 0.25) is 0 Å². The summed E-state index contributed by atoms with van der Waals surface area (Å²) in [5, 5.41) is 8.81. The summed E-state index contributed by atoms with van der Waals surface area (Å²) in [6.45, 7) is 7.33. The monoisotopic (exact) mass is 241 g/mol. The van der Waals surface area contributed by atoms with Crippen molar-refractivity contribution in [3.8, 4) is 0 Å². The van der Waals surface area contributed by atoms with Crippen LogP contribution in [-0.4, -0.2) is 34.6 Å². The smallest absolute Gasteiger partial charge is 0.304 e. The maximum absolute atomic E-state index is 10.7. The van der Waals surface area contributed by atoms with Gasteiger partial charge < -0.3 is 5.11 Å². The summed E-state index contributed by atoms with van der Waals surface area (Å²) < 4.78 is 0. The van der Waals surface area contributed by atoms with Gasteiger partial charge in [-0.05, 0) is 32.6 Å². The Bertz CT molecular complexity index is 240. The molecule has 0 heterocycles. The molecule has 0 radical (unpaired) electrons. The maximum atomic E-state index is 10.7. The third kappa shape index (κ3) is 4.66. The first kappa shape index (κ1) is 14.5. The van der Waals surface area contributed by atoms with Gasteiger partial charge in [0.05, 0.1) is 6.42 Å². The first-order chi connectivity index (χ1) is 8.04. The maximum Gasteiger partial charge on any atom is 0.304 e. The van der Waals surface area contributed by atoms with Crippen LogP contribution in [0.1, 0.15) is 59.3 Å². The number of nitrogens with zero attached hydrogens (tertiary/aromatic N) is 1. The minimum absolute atomic E-state index is 0.269. The number of hydrogen-bond acceptors (Lipinski definition) is 2. The summed E-state index contributed by atoms with van der Waals surface area (Å²) in [5.41, 5.74) is 0. The van der Waals surface area contributed by atoms with E-state index in [0.29, 0.717) is 18.6 Å². The zero-order valence-electron chi connectivity index (χ0n) is 11.5. The molecule has 1 saturated carbocycles. The van der Waals surface area contributed by atoms with Crippen molar-refractivity contribution in [2.24, 2.45) is 5.92 Å². The van der Waals surface area contributed by atoms with Gasteiger partial charge in [-0.25, -0.2) is 0 Å². The highest BCUT2D eigenvalue weighted by atomic mass is 16.4. The van der Waals surface area contributed by atoms with Crippen molar-refractivity contribution in [3.05, 3.63) is 0 Å². The Morgan fingerprint density at radius 1 is 1.41 bits per heavy atom. The quantitative estimate of drug-likeness (QED) is 0.776. The SMILES string of the molecule is CCC1CCCC(N(CCC(=O)O)C(C)C)C1. The van der Waals surface area contributed by atoms with Crippen LogP contribution in [0.4, 0.5) is 0 Å². The molecule has 0 bridgehead atoms. The summed E-state index contributed by atoms with van der Waals surface area (Å²) in [4.78, 5) is 13.1.